The second-order valence-electron chi connectivity index (χ2n) is 28.4. The SMILES string of the molecule is CC(C)(C)c1ccc(N2c3ccc(C(C)(C)C)cc3B3c4cc5c(cc4N(c4ccc(C(C)(C)C)cc4)c4cc(N(c6ccc7cc(-c8cc9ccccc9o8)ccc7c6)c6cc7c(c8ccccc68)-c6ccccc6C7(C)C)cc2c43)OCCO5)cc1. The third-order valence-electron chi connectivity index (χ3n) is 19.4. The van der Waals surface area contributed by atoms with Gasteiger partial charge in [-0.05, 0) is 173 Å². The van der Waals surface area contributed by atoms with Crippen LogP contribution < -0.4 is 40.6 Å². The first-order chi connectivity index (χ1) is 42.3. The van der Waals surface area contributed by atoms with Crippen LogP contribution in [0.4, 0.5) is 51.2 Å². The molecule has 11 aromatic carbocycles. The summed E-state index contributed by atoms with van der Waals surface area (Å²) in [6.07, 6.45) is 0. The Morgan fingerprint density at radius 1 is 0.443 bits per heavy atom. The van der Waals surface area contributed by atoms with E-state index in [1.54, 1.807) is 0 Å². The summed E-state index contributed by atoms with van der Waals surface area (Å²) < 4.78 is 19.6. The molecule has 0 spiro atoms. The van der Waals surface area contributed by atoms with Gasteiger partial charge in [0.25, 0.3) is 6.71 Å². The number of hydrogen-bond donors (Lipinski definition) is 0. The molecular weight excluding hydrogens is 1070 g/mol. The highest BCUT2D eigenvalue weighted by Gasteiger charge is 2.46. The van der Waals surface area contributed by atoms with Gasteiger partial charge in [0.1, 0.15) is 24.6 Å². The van der Waals surface area contributed by atoms with Crippen LogP contribution in [0.5, 0.6) is 11.5 Å². The predicted octanol–water partition coefficient (Wildman–Crippen LogP) is 19.9. The van der Waals surface area contributed by atoms with E-state index in [0.29, 0.717) is 13.2 Å². The lowest BCUT2D eigenvalue weighted by Crippen LogP contribution is -2.61. The molecule has 12 aromatic rings. The van der Waals surface area contributed by atoms with Crippen LogP contribution in [0.25, 0.3) is 55.0 Å². The summed E-state index contributed by atoms with van der Waals surface area (Å²) in [5.41, 5.74) is 24.1. The third kappa shape index (κ3) is 8.44. The molecule has 0 bridgehead atoms. The molecule has 1 aromatic heterocycles. The summed E-state index contributed by atoms with van der Waals surface area (Å²) in [6.45, 7) is 26.4. The molecule has 1 aliphatic carbocycles. The largest absolute Gasteiger partial charge is 0.486 e. The van der Waals surface area contributed by atoms with E-state index in [4.69, 9.17) is 13.9 Å². The molecule has 0 saturated carbocycles. The molecule has 3 aliphatic heterocycles. The fourth-order valence-corrected chi connectivity index (χ4v) is 14.7. The van der Waals surface area contributed by atoms with E-state index in [-0.39, 0.29) is 28.4 Å². The average Bonchev–Trinajstić information content (AvgIpc) is 1.25. The Bertz CT molecular complexity index is 4830. The van der Waals surface area contributed by atoms with Crippen LogP contribution in [-0.2, 0) is 21.7 Å². The first-order valence-electron chi connectivity index (χ1n) is 31.3. The zero-order valence-electron chi connectivity index (χ0n) is 52.3. The van der Waals surface area contributed by atoms with Crippen molar-refractivity contribution in [3.8, 4) is 33.9 Å². The van der Waals surface area contributed by atoms with Crippen molar-refractivity contribution in [2.45, 2.75) is 97.8 Å². The van der Waals surface area contributed by atoms with Gasteiger partial charge in [-0.3, -0.25) is 0 Å². The number of benzene rings is 11. The highest BCUT2D eigenvalue weighted by atomic mass is 16.6. The fourth-order valence-electron chi connectivity index (χ4n) is 14.7. The number of ether oxygens (including phenoxy) is 2. The smallest absolute Gasteiger partial charge is 0.252 e. The standard InChI is InChI=1S/C81H72BN3O3/c1-78(2,3)53-27-33-56(34-28-53)84-67-37-31-55(80(7,8)9)43-65(67)82-66-47-74-75(87-39-38-86-74)48-69(66)85(57-35-29-54(30-36-57)79(4,5)6)71-45-59(44-70(84)77(71)82)83(58-32-26-49-40-52(25-24-50(49)41-58)73-42-51-18-12-17-23-72(51)88-73)68-46-64-76(61-20-14-13-19-60(61)68)62-21-15-16-22-63(62)81(64,10)11/h12-37,40-48H,38-39H2,1-11H3. The van der Waals surface area contributed by atoms with Crippen LogP contribution in [0.15, 0.2) is 217 Å². The van der Waals surface area contributed by atoms with E-state index in [9.17, 15) is 0 Å². The molecule has 4 aliphatic rings. The van der Waals surface area contributed by atoms with E-state index < -0.39 is 0 Å². The van der Waals surface area contributed by atoms with E-state index in [0.717, 1.165) is 95.8 Å². The number of furan rings is 1. The molecule has 4 heterocycles. The van der Waals surface area contributed by atoms with Gasteiger partial charge in [0.05, 0.1) is 11.4 Å². The number of nitrogens with zero attached hydrogens (tertiary/aromatic N) is 3. The maximum absolute atomic E-state index is 6.58. The number of fused-ring (bicyclic) bond motifs is 12. The van der Waals surface area contributed by atoms with Gasteiger partial charge < -0.3 is 28.6 Å². The fraction of sp³-hybridized carbons (Fsp3) is 0.210. The van der Waals surface area contributed by atoms with Gasteiger partial charge in [-0.1, -0.05) is 197 Å². The highest BCUT2D eigenvalue weighted by Crippen LogP contribution is 2.56. The predicted molar refractivity (Wildman–Crippen MR) is 370 cm³/mol. The molecule has 432 valence electrons. The van der Waals surface area contributed by atoms with Crippen molar-refractivity contribution >= 4 is 107 Å². The lowest BCUT2D eigenvalue weighted by molar-refractivity contribution is 0.172. The number of anilines is 9. The van der Waals surface area contributed by atoms with Gasteiger partial charge in [0, 0.05) is 67.6 Å². The van der Waals surface area contributed by atoms with Gasteiger partial charge in [0.15, 0.2) is 11.5 Å². The Morgan fingerprint density at radius 3 is 1.70 bits per heavy atom. The Hall–Kier alpha value is -9.46. The van der Waals surface area contributed by atoms with E-state index in [2.05, 4.69) is 291 Å². The van der Waals surface area contributed by atoms with Crippen molar-refractivity contribution in [3.63, 3.8) is 0 Å². The summed E-state index contributed by atoms with van der Waals surface area (Å²) in [6, 6.07) is 80.3. The zero-order chi connectivity index (χ0) is 60.3. The van der Waals surface area contributed by atoms with Gasteiger partial charge >= 0.3 is 0 Å². The molecule has 0 radical (unpaired) electrons. The van der Waals surface area contributed by atoms with Gasteiger partial charge in [-0.2, -0.15) is 0 Å². The second kappa shape index (κ2) is 19.3. The van der Waals surface area contributed by atoms with Crippen LogP contribution in [0.1, 0.15) is 104 Å². The Labute approximate surface area is 517 Å². The molecule has 0 fully saturated rings. The van der Waals surface area contributed by atoms with Crippen molar-refractivity contribution in [2.75, 3.05) is 27.9 Å². The molecule has 0 unspecified atom stereocenters. The van der Waals surface area contributed by atoms with Crippen molar-refractivity contribution in [1.29, 1.82) is 0 Å². The van der Waals surface area contributed by atoms with Crippen molar-refractivity contribution in [1.82, 2.24) is 0 Å². The van der Waals surface area contributed by atoms with Crippen molar-refractivity contribution < 1.29 is 13.9 Å². The minimum Gasteiger partial charge on any atom is -0.486 e. The van der Waals surface area contributed by atoms with Crippen LogP contribution >= 0.6 is 0 Å². The highest BCUT2D eigenvalue weighted by molar-refractivity contribution is 7.00. The normalized spacial score (nSPS) is 14.6. The summed E-state index contributed by atoms with van der Waals surface area (Å²) in [5, 5.41) is 5.77. The van der Waals surface area contributed by atoms with E-state index in [1.165, 1.54) is 66.1 Å². The van der Waals surface area contributed by atoms with E-state index in [1.807, 2.05) is 12.1 Å². The second-order valence-corrected chi connectivity index (χ2v) is 28.4. The quantitative estimate of drug-likeness (QED) is 0.155. The average molecular weight is 1150 g/mol. The summed E-state index contributed by atoms with van der Waals surface area (Å²) in [7, 11) is 0. The summed E-state index contributed by atoms with van der Waals surface area (Å²) in [4.78, 5) is 7.66. The Morgan fingerprint density at radius 2 is 1.02 bits per heavy atom. The lowest BCUT2D eigenvalue weighted by atomic mass is 9.33. The number of rotatable bonds is 6. The molecule has 6 nitrogen and oxygen atoms in total. The molecule has 7 heteroatoms. The van der Waals surface area contributed by atoms with Crippen LogP contribution in [0.3, 0.4) is 0 Å². The van der Waals surface area contributed by atoms with Crippen molar-refractivity contribution in [2.24, 2.45) is 0 Å². The molecule has 0 atom stereocenters. The van der Waals surface area contributed by atoms with Crippen LogP contribution in [-0.4, -0.2) is 19.9 Å². The molecule has 0 amide bonds. The minimum absolute atomic E-state index is 0.0360. The zero-order valence-corrected chi connectivity index (χ0v) is 52.3. The lowest BCUT2D eigenvalue weighted by Gasteiger charge is -2.45. The van der Waals surface area contributed by atoms with Gasteiger partial charge in [0.2, 0.25) is 0 Å². The summed E-state index contributed by atoms with van der Waals surface area (Å²) in [5.74, 6) is 2.40. The molecule has 0 saturated heterocycles. The number of para-hydroxylation sites is 1. The Balaban J connectivity index is 1.02. The third-order valence-corrected chi connectivity index (χ3v) is 19.4. The summed E-state index contributed by atoms with van der Waals surface area (Å²) >= 11 is 0. The van der Waals surface area contributed by atoms with Gasteiger partial charge in [-0.25, -0.2) is 0 Å². The van der Waals surface area contributed by atoms with Gasteiger partial charge in [-0.15, -0.1) is 0 Å². The first-order valence-corrected chi connectivity index (χ1v) is 31.3. The van der Waals surface area contributed by atoms with Crippen LogP contribution in [0.2, 0.25) is 0 Å². The first kappa shape index (κ1) is 54.0. The maximum Gasteiger partial charge on any atom is 0.252 e. The van der Waals surface area contributed by atoms with E-state index >= 15 is 0 Å². The van der Waals surface area contributed by atoms with Crippen molar-refractivity contribution in [3.05, 3.63) is 240 Å². The van der Waals surface area contributed by atoms with Crippen LogP contribution in [0, 0.1) is 0 Å². The molecular formula is C81H72BN3O3. The molecule has 88 heavy (non-hydrogen) atoms. The molecule has 16 rings (SSSR count). The number of hydrogen-bond acceptors (Lipinski definition) is 6. The maximum atomic E-state index is 6.58. The minimum atomic E-state index is -0.280. The monoisotopic (exact) mass is 1150 g/mol. The topological polar surface area (TPSA) is 41.3 Å². The molecule has 0 N–H and O–H groups in total. The Kier molecular flexibility index (Phi) is 11.8.